The van der Waals surface area contributed by atoms with Gasteiger partial charge in [0.05, 0.1) is 14.9 Å². The van der Waals surface area contributed by atoms with Crippen molar-refractivity contribution in [1.82, 2.24) is 9.78 Å². The van der Waals surface area contributed by atoms with Crippen LogP contribution in [0, 0.1) is 0 Å². The second kappa shape index (κ2) is 5.40. The lowest BCUT2D eigenvalue weighted by Gasteiger charge is -2.09. The lowest BCUT2D eigenvalue weighted by molar-refractivity contribution is 0.653. The molecule has 17 heavy (non-hydrogen) atoms. The van der Waals surface area contributed by atoms with E-state index in [9.17, 15) is 0 Å². The van der Waals surface area contributed by atoms with Crippen LogP contribution in [0.4, 0.5) is 0 Å². The Kier molecular flexibility index (Phi) is 4.09. The maximum Gasteiger partial charge on any atom is 0.0991 e. The molecule has 2 N–H and O–H groups in total. The van der Waals surface area contributed by atoms with E-state index in [0.717, 1.165) is 18.4 Å². The minimum Gasteiger partial charge on any atom is -0.324 e. The zero-order valence-electron chi connectivity index (χ0n) is 9.36. The molecule has 6 heteroatoms. The van der Waals surface area contributed by atoms with E-state index in [2.05, 4.69) is 5.10 Å². The number of nitrogens with two attached hydrogens (primary N) is 1. The van der Waals surface area contributed by atoms with Crippen molar-refractivity contribution >= 4 is 34.5 Å². The minimum absolute atomic E-state index is 0.0774. The first kappa shape index (κ1) is 12.9. The lowest BCUT2D eigenvalue weighted by atomic mass is 10.0. The highest BCUT2D eigenvalue weighted by atomic mass is 35.5. The third-order valence-corrected chi connectivity index (χ3v) is 4.10. The fourth-order valence-corrected chi connectivity index (χ4v) is 3.28. The van der Waals surface area contributed by atoms with Crippen LogP contribution in [0.25, 0.3) is 0 Å². The third kappa shape index (κ3) is 3.22. The smallest absolute Gasteiger partial charge is 0.0991 e. The molecule has 0 aliphatic heterocycles. The van der Waals surface area contributed by atoms with Gasteiger partial charge in [-0.25, -0.2) is 0 Å². The summed E-state index contributed by atoms with van der Waals surface area (Å²) in [5.41, 5.74) is 8.22. The first-order chi connectivity index (χ1) is 8.06. The summed E-state index contributed by atoms with van der Waals surface area (Å²) in [6.07, 6.45) is 5.57. The maximum absolute atomic E-state index is 6.10. The fourth-order valence-electron chi connectivity index (χ4n) is 1.68. The van der Waals surface area contributed by atoms with E-state index in [1.807, 2.05) is 25.5 Å². The molecule has 2 heterocycles. The highest BCUT2D eigenvalue weighted by molar-refractivity contribution is 7.20. The predicted octanol–water partition coefficient (Wildman–Crippen LogP) is 3.42. The molecule has 0 aliphatic carbocycles. The molecule has 2 aromatic heterocycles. The maximum atomic E-state index is 6.10. The molecule has 1 unspecified atom stereocenters. The summed E-state index contributed by atoms with van der Waals surface area (Å²) in [6, 6.07) is 1.77. The average molecular weight is 290 g/mol. The van der Waals surface area contributed by atoms with E-state index in [1.165, 1.54) is 16.9 Å². The van der Waals surface area contributed by atoms with Crippen LogP contribution < -0.4 is 5.73 Å². The van der Waals surface area contributed by atoms with E-state index in [1.54, 1.807) is 4.68 Å². The Balaban J connectivity index is 1.97. The van der Waals surface area contributed by atoms with Crippen molar-refractivity contribution < 1.29 is 0 Å². The highest BCUT2D eigenvalue weighted by Gasteiger charge is 2.14. The number of hydrogen-bond acceptors (Lipinski definition) is 3. The Labute approximate surface area is 114 Å². The van der Waals surface area contributed by atoms with Gasteiger partial charge in [-0.1, -0.05) is 23.2 Å². The normalized spacial score (nSPS) is 12.9. The van der Waals surface area contributed by atoms with Crippen LogP contribution in [0.15, 0.2) is 18.5 Å². The van der Waals surface area contributed by atoms with Gasteiger partial charge in [-0.15, -0.1) is 11.3 Å². The lowest BCUT2D eigenvalue weighted by Crippen LogP contribution is -2.10. The van der Waals surface area contributed by atoms with Gasteiger partial charge in [0.25, 0.3) is 0 Å². The Morgan fingerprint density at radius 2 is 2.29 bits per heavy atom. The van der Waals surface area contributed by atoms with Crippen LogP contribution >= 0.6 is 34.5 Å². The Hall–Kier alpha value is -0.550. The van der Waals surface area contributed by atoms with Gasteiger partial charge in [-0.3, -0.25) is 4.68 Å². The summed E-state index contributed by atoms with van der Waals surface area (Å²) in [4.78, 5) is 0. The van der Waals surface area contributed by atoms with Crippen molar-refractivity contribution in [3.63, 3.8) is 0 Å². The molecule has 0 bridgehead atoms. The van der Waals surface area contributed by atoms with Crippen molar-refractivity contribution in [3.8, 4) is 0 Å². The first-order valence-corrected chi connectivity index (χ1v) is 6.81. The Morgan fingerprint density at radius 3 is 2.82 bits per heavy atom. The molecule has 0 saturated heterocycles. The Bertz CT molecular complexity index is 507. The van der Waals surface area contributed by atoms with Crippen molar-refractivity contribution in [2.75, 3.05) is 0 Å². The summed E-state index contributed by atoms with van der Waals surface area (Å²) >= 11 is 13.3. The molecule has 0 spiro atoms. The number of thiophene rings is 1. The second-order valence-electron chi connectivity index (χ2n) is 3.95. The number of nitrogens with zero attached hydrogens (tertiary/aromatic N) is 2. The quantitative estimate of drug-likeness (QED) is 0.937. The topological polar surface area (TPSA) is 43.8 Å². The fraction of sp³-hybridized carbons (Fsp3) is 0.364. The van der Waals surface area contributed by atoms with Gasteiger partial charge in [0, 0.05) is 19.3 Å². The molecule has 2 rings (SSSR count). The van der Waals surface area contributed by atoms with Crippen LogP contribution in [-0.2, 0) is 13.5 Å². The monoisotopic (exact) mass is 289 g/mol. The zero-order chi connectivity index (χ0) is 12.4. The van der Waals surface area contributed by atoms with E-state index >= 15 is 0 Å². The molecular weight excluding hydrogens is 277 g/mol. The molecule has 0 fully saturated rings. The molecule has 0 aliphatic rings. The molecule has 0 aromatic carbocycles. The molecule has 2 aromatic rings. The standard InChI is InChI=1S/C11H13Cl2N3S/c1-16-6-7(5-15-16)2-3-9(14)8-4-10(12)17-11(8)13/h4-6,9H,2-3,14H2,1H3. The summed E-state index contributed by atoms with van der Waals surface area (Å²) in [5, 5.41) is 4.12. The molecular formula is C11H13Cl2N3S. The Morgan fingerprint density at radius 1 is 1.53 bits per heavy atom. The van der Waals surface area contributed by atoms with E-state index < -0.39 is 0 Å². The zero-order valence-corrected chi connectivity index (χ0v) is 11.7. The van der Waals surface area contributed by atoms with Gasteiger partial charge in [-0.05, 0) is 30.0 Å². The summed E-state index contributed by atoms with van der Waals surface area (Å²) in [5.74, 6) is 0. The number of halogens is 2. The average Bonchev–Trinajstić information content (AvgIpc) is 2.81. The van der Waals surface area contributed by atoms with Crippen LogP contribution in [0.5, 0.6) is 0 Å². The first-order valence-electron chi connectivity index (χ1n) is 5.24. The van der Waals surface area contributed by atoms with E-state index in [-0.39, 0.29) is 6.04 Å². The highest BCUT2D eigenvalue weighted by Crippen LogP contribution is 2.35. The molecule has 92 valence electrons. The predicted molar refractivity (Wildman–Crippen MR) is 72.8 cm³/mol. The van der Waals surface area contributed by atoms with Crippen molar-refractivity contribution in [3.05, 3.63) is 38.3 Å². The number of hydrogen-bond donors (Lipinski definition) is 1. The van der Waals surface area contributed by atoms with Gasteiger partial charge >= 0.3 is 0 Å². The summed E-state index contributed by atoms with van der Waals surface area (Å²) in [7, 11) is 1.90. The van der Waals surface area contributed by atoms with Gasteiger partial charge in [0.1, 0.15) is 0 Å². The van der Waals surface area contributed by atoms with Gasteiger partial charge in [0.15, 0.2) is 0 Å². The largest absolute Gasteiger partial charge is 0.324 e. The van der Waals surface area contributed by atoms with Crippen LogP contribution in [0.1, 0.15) is 23.6 Å². The van der Waals surface area contributed by atoms with Crippen molar-refractivity contribution in [2.24, 2.45) is 12.8 Å². The third-order valence-electron chi connectivity index (χ3n) is 2.58. The number of rotatable bonds is 4. The van der Waals surface area contributed by atoms with E-state index in [4.69, 9.17) is 28.9 Å². The molecule has 0 radical (unpaired) electrons. The minimum atomic E-state index is -0.0774. The van der Waals surface area contributed by atoms with Gasteiger partial charge < -0.3 is 5.73 Å². The van der Waals surface area contributed by atoms with Crippen molar-refractivity contribution in [2.45, 2.75) is 18.9 Å². The SMILES string of the molecule is Cn1cc(CCC(N)c2cc(Cl)sc2Cl)cn1. The van der Waals surface area contributed by atoms with Gasteiger partial charge in [-0.2, -0.15) is 5.10 Å². The molecule has 1 atom stereocenters. The number of aryl methyl sites for hydroxylation is 2. The molecule has 0 saturated carbocycles. The molecule has 0 amide bonds. The van der Waals surface area contributed by atoms with Crippen LogP contribution in [0.3, 0.4) is 0 Å². The van der Waals surface area contributed by atoms with E-state index in [0.29, 0.717) is 8.67 Å². The molecule has 3 nitrogen and oxygen atoms in total. The number of aromatic nitrogens is 2. The van der Waals surface area contributed by atoms with Gasteiger partial charge in [0.2, 0.25) is 0 Å². The summed E-state index contributed by atoms with van der Waals surface area (Å²) in [6.45, 7) is 0. The van der Waals surface area contributed by atoms with Crippen molar-refractivity contribution in [1.29, 1.82) is 0 Å². The van der Waals surface area contributed by atoms with Crippen LogP contribution in [0.2, 0.25) is 8.67 Å². The summed E-state index contributed by atoms with van der Waals surface area (Å²) < 4.78 is 3.16. The second-order valence-corrected chi connectivity index (χ2v) is 6.23. The van der Waals surface area contributed by atoms with Crippen LogP contribution in [-0.4, -0.2) is 9.78 Å².